The minimum Gasteiger partial charge on any atom is -1.00 e. The maximum atomic E-state index is 3.72. The molecule has 1 unspecified atom stereocenters. The maximum Gasteiger partial charge on any atom is 4.00 e. The van der Waals surface area contributed by atoms with Crippen molar-refractivity contribution < 1.29 is 58.9 Å². The average molecular weight is 546 g/mol. The number of benzene rings is 3. The van der Waals surface area contributed by atoms with E-state index in [1.54, 1.807) is 0 Å². The number of hydrogen-bond donors (Lipinski definition) is 0. The average Bonchev–Trinajstić information content (AvgIpc) is 2.96. The van der Waals surface area contributed by atoms with Gasteiger partial charge in [-0.05, 0) is 37.5 Å². The van der Waals surface area contributed by atoms with Crippen molar-refractivity contribution in [3.63, 3.8) is 0 Å². The summed E-state index contributed by atoms with van der Waals surface area (Å²) in [7, 11) is 0. The van der Waals surface area contributed by atoms with E-state index in [2.05, 4.69) is 120 Å². The molecule has 0 bridgehead atoms. The van der Waals surface area contributed by atoms with Crippen molar-refractivity contribution in [3.8, 4) is 0 Å². The molecule has 0 amide bonds. The summed E-state index contributed by atoms with van der Waals surface area (Å²) >= 11 is 0. The minimum absolute atomic E-state index is 0. The van der Waals surface area contributed by atoms with E-state index in [1.807, 2.05) is 0 Å². The standard InChI is InChI=1S/C30H31.3ClH.Ti/c1-20-10-7-13-26(16-20)30(27-14-8-11-21(2)17-27,28-15-9-12-22(3)18-28)29-24(5)19-23(4)25(29)6;;;;/h7-18,24H,1-6H3;3*1H;/q-1;;;;+4/p-3. The van der Waals surface area contributed by atoms with Gasteiger partial charge in [-0.2, -0.15) is 5.57 Å². The predicted octanol–water partition coefficient (Wildman–Crippen LogP) is -1.33. The van der Waals surface area contributed by atoms with Crippen LogP contribution in [0.4, 0.5) is 0 Å². The molecule has 0 nitrogen and oxygen atoms in total. The monoisotopic (exact) mass is 544 g/mol. The van der Waals surface area contributed by atoms with E-state index >= 15 is 0 Å². The normalized spacial score (nSPS) is 14.8. The summed E-state index contributed by atoms with van der Waals surface area (Å²) in [5.74, 6) is 0.256. The van der Waals surface area contributed by atoms with Crippen LogP contribution in [0, 0.1) is 32.8 Å². The Morgan fingerprint density at radius 2 is 0.971 bits per heavy atom. The van der Waals surface area contributed by atoms with Crippen LogP contribution in [0.25, 0.3) is 0 Å². The first kappa shape index (κ1) is 32.7. The molecule has 0 saturated heterocycles. The van der Waals surface area contributed by atoms with Gasteiger partial charge in [0.2, 0.25) is 0 Å². The van der Waals surface area contributed by atoms with Gasteiger partial charge in [0.1, 0.15) is 0 Å². The number of hydrogen-bond acceptors (Lipinski definition) is 0. The Balaban J connectivity index is 0.00000272. The summed E-state index contributed by atoms with van der Waals surface area (Å²) < 4.78 is 0. The Bertz CT molecular complexity index is 1070. The smallest absolute Gasteiger partial charge is 1.00 e. The summed E-state index contributed by atoms with van der Waals surface area (Å²) in [6.07, 6.45) is 3.72. The Hall–Kier alpha value is -1.28. The van der Waals surface area contributed by atoms with Crippen molar-refractivity contribution in [1.82, 2.24) is 0 Å². The molecule has 0 aromatic heterocycles. The molecule has 4 rings (SSSR count). The van der Waals surface area contributed by atoms with Crippen LogP contribution >= 0.6 is 0 Å². The number of halogens is 3. The molecule has 3 aromatic rings. The van der Waals surface area contributed by atoms with Crippen LogP contribution in [0.3, 0.4) is 0 Å². The second kappa shape index (κ2) is 13.1. The Labute approximate surface area is 239 Å². The van der Waals surface area contributed by atoms with Gasteiger partial charge in [0.05, 0.1) is 0 Å². The molecule has 0 heterocycles. The third-order valence-corrected chi connectivity index (χ3v) is 6.59. The summed E-state index contributed by atoms with van der Waals surface area (Å²) in [6.45, 7) is 13.3. The molecule has 176 valence electrons. The SMILES string of the molecule is CC1=[C-]C(C)C(C(c2cccc(C)c2)(c2cccc(C)c2)c2cccc(C)c2)=C1C.[Cl-].[Cl-].[Cl-].[Ti+4]. The van der Waals surface area contributed by atoms with Gasteiger partial charge in [-0.15, -0.1) is 12.5 Å². The van der Waals surface area contributed by atoms with Gasteiger partial charge in [-0.25, -0.2) is 5.57 Å². The molecule has 1 aliphatic rings. The molecule has 34 heavy (non-hydrogen) atoms. The molecular formula is C30H31Cl3Ti. The molecular weight excluding hydrogens is 515 g/mol. The van der Waals surface area contributed by atoms with E-state index < -0.39 is 0 Å². The molecule has 0 aliphatic heterocycles. The van der Waals surface area contributed by atoms with Crippen LogP contribution in [0.1, 0.15) is 54.2 Å². The summed E-state index contributed by atoms with van der Waals surface area (Å²) in [4.78, 5) is 0. The van der Waals surface area contributed by atoms with Crippen LogP contribution in [-0.2, 0) is 27.1 Å². The van der Waals surface area contributed by atoms with E-state index in [-0.39, 0.29) is 70.3 Å². The van der Waals surface area contributed by atoms with Crippen molar-refractivity contribution in [2.45, 2.75) is 47.0 Å². The fourth-order valence-electron chi connectivity index (χ4n) is 5.24. The van der Waals surface area contributed by atoms with E-state index in [1.165, 1.54) is 50.1 Å². The second-order valence-electron chi connectivity index (χ2n) is 8.89. The van der Waals surface area contributed by atoms with Crippen LogP contribution in [-0.4, -0.2) is 0 Å². The minimum atomic E-state index is -0.349. The van der Waals surface area contributed by atoms with Gasteiger partial charge in [0.25, 0.3) is 0 Å². The first-order valence-corrected chi connectivity index (χ1v) is 10.9. The first-order valence-electron chi connectivity index (χ1n) is 10.9. The Morgan fingerprint density at radius 1 is 0.618 bits per heavy atom. The van der Waals surface area contributed by atoms with Gasteiger partial charge in [0, 0.05) is 5.41 Å². The second-order valence-corrected chi connectivity index (χ2v) is 8.89. The fraction of sp³-hybridized carbons (Fsp3) is 0.267. The summed E-state index contributed by atoms with van der Waals surface area (Å²) in [5, 5.41) is 0. The van der Waals surface area contributed by atoms with E-state index in [4.69, 9.17) is 0 Å². The maximum absolute atomic E-state index is 3.72. The summed E-state index contributed by atoms with van der Waals surface area (Å²) in [6, 6.07) is 27.2. The van der Waals surface area contributed by atoms with Gasteiger partial charge in [0.15, 0.2) is 0 Å². The molecule has 0 fully saturated rings. The van der Waals surface area contributed by atoms with E-state index in [9.17, 15) is 0 Å². The molecule has 0 radical (unpaired) electrons. The quantitative estimate of drug-likeness (QED) is 0.217. The zero-order chi connectivity index (χ0) is 21.5. The van der Waals surface area contributed by atoms with Gasteiger partial charge < -0.3 is 37.2 Å². The molecule has 1 aliphatic carbocycles. The Kier molecular flexibility index (Phi) is 12.7. The van der Waals surface area contributed by atoms with Crippen molar-refractivity contribution in [2.75, 3.05) is 0 Å². The first-order chi connectivity index (χ1) is 14.3. The Morgan fingerprint density at radius 3 is 1.24 bits per heavy atom. The number of allylic oxidation sites excluding steroid dienone is 4. The molecule has 0 N–H and O–H groups in total. The molecule has 0 spiro atoms. The fourth-order valence-corrected chi connectivity index (χ4v) is 5.24. The number of rotatable bonds is 4. The van der Waals surface area contributed by atoms with Crippen molar-refractivity contribution in [3.05, 3.63) is 129 Å². The van der Waals surface area contributed by atoms with Gasteiger partial charge >= 0.3 is 21.7 Å². The van der Waals surface area contributed by atoms with E-state index in [0.717, 1.165) is 0 Å². The van der Waals surface area contributed by atoms with Crippen LogP contribution in [0.15, 0.2) is 89.5 Å². The third kappa shape index (κ3) is 5.75. The van der Waals surface area contributed by atoms with Crippen LogP contribution in [0.2, 0.25) is 0 Å². The summed E-state index contributed by atoms with van der Waals surface area (Å²) in [5.41, 5.74) is 11.6. The third-order valence-electron chi connectivity index (χ3n) is 6.59. The number of aryl methyl sites for hydroxylation is 3. The van der Waals surface area contributed by atoms with Gasteiger partial charge in [-0.3, -0.25) is 6.08 Å². The van der Waals surface area contributed by atoms with Gasteiger partial charge in [-0.1, -0.05) is 109 Å². The molecule has 0 saturated carbocycles. The zero-order valence-corrected chi connectivity index (χ0v) is 24.5. The van der Waals surface area contributed by atoms with Crippen molar-refractivity contribution >= 4 is 0 Å². The molecule has 3 aromatic carbocycles. The van der Waals surface area contributed by atoms with Crippen LogP contribution in [0.5, 0.6) is 0 Å². The topological polar surface area (TPSA) is 0 Å². The largest absolute Gasteiger partial charge is 4.00 e. The zero-order valence-electron chi connectivity index (χ0n) is 20.6. The predicted molar refractivity (Wildman–Crippen MR) is 128 cm³/mol. The molecule has 4 heteroatoms. The van der Waals surface area contributed by atoms with Crippen molar-refractivity contribution in [2.24, 2.45) is 5.92 Å². The van der Waals surface area contributed by atoms with Crippen molar-refractivity contribution in [1.29, 1.82) is 0 Å². The van der Waals surface area contributed by atoms with Crippen LogP contribution < -0.4 is 37.2 Å². The van der Waals surface area contributed by atoms with E-state index in [0.29, 0.717) is 0 Å². The molecule has 1 atom stereocenters.